The molecule has 1 aliphatic carbocycles. The van der Waals surface area contributed by atoms with E-state index < -0.39 is 0 Å². The van der Waals surface area contributed by atoms with Gasteiger partial charge in [-0.3, -0.25) is 0 Å². The van der Waals surface area contributed by atoms with Crippen molar-refractivity contribution in [3.63, 3.8) is 0 Å². The number of fused-ring (bicyclic) bond motifs is 1. The quantitative estimate of drug-likeness (QED) is 0.801. The van der Waals surface area contributed by atoms with Crippen molar-refractivity contribution in [2.45, 2.75) is 39.3 Å². The van der Waals surface area contributed by atoms with E-state index in [0.29, 0.717) is 18.5 Å². The van der Waals surface area contributed by atoms with E-state index in [2.05, 4.69) is 45.0 Å². The zero-order chi connectivity index (χ0) is 15.1. The molecular weight excluding hydrogens is 274 g/mol. The summed E-state index contributed by atoms with van der Waals surface area (Å²) in [4.78, 5) is 13.3. The third-order valence-electron chi connectivity index (χ3n) is 4.09. The van der Waals surface area contributed by atoms with Crippen molar-refractivity contribution in [3.05, 3.63) is 47.5 Å². The molecule has 1 aliphatic rings. The van der Waals surface area contributed by atoms with Gasteiger partial charge in [-0.2, -0.15) is 0 Å². The van der Waals surface area contributed by atoms with Gasteiger partial charge in [0.15, 0.2) is 0 Å². The highest BCUT2D eigenvalue weighted by molar-refractivity contribution is 5.77. The lowest BCUT2D eigenvalue weighted by atomic mass is 10.2. The fourth-order valence-corrected chi connectivity index (χ4v) is 2.88. The Morgan fingerprint density at radius 3 is 2.82 bits per heavy atom. The molecule has 5 nitrogen and oxygen atoms in total. The summed E-state index contributed by atoms with van der Waals surface area (Å²) in [7, 11) is 0. The molecule has 0 unspecified atom stereocenters. The summed E-state index contributed by atoms with van der Waals surface area (Å²) in [5.41, 5.74) is 4.48. The van der Waals surface area contributed by atoms with Crippen LogP contribution in [0.1, 0.15) is 36.0 Å². The Balaban J connectivity index is 1.57. The lowest BCUT2D eigenvalue weighted by Crippen LogP contribution is -2.04. The Morgan fingerprint density at radius 1 is 1.18 bits per heavy atom. The molecule has 4 rings (SSSR count). The standard InChI is InChI=1S/C17H19N5/c1-11-7-8-18-17(20-11)19-10-13-3-6-16-15(9-13)21-12(2)22(16)14-4-5-14/h3,6-9,14H,4-5,10H2,1-2H3,(H,18,19,20). The van der Waals surface area contributed by atoms with Crippen molar-refractivity contribution in [3.8, 4) is 0 Å². The van der Waals surface area contributed by atoms with Crippen molar-refractivity contribution in [1.29, 1.82) is 0 Å². The van der Waals surface area contributed by atoms with Crippen molar-refractivity contribution in [2.24, 2.45) is 0 Å². The van der Waals surface area contributed by atoms with Gasteiger partial charge in [0.1, 0.15) is 5.82 Å². The van der Waals surface area contributed by atoms with Gasteiger partial charge in [-0.25, -0.2) is 15.0 Å². The first kappa shape index (κ1) is 13.2. The first-order valence-electron chi connectivity index (χ1n) is 7.72. The largest absolute Gasteiger partial charge is 0.350 e. The van der Waals surface area contributed by atoms with Crippen molar-refractivity contribution in [1.82, 2.24) is 19.5 Å². The molecule has 3 aromatic rings. The molecule has 0 saturated heterocycles. The number of aromatic nitrogens is 4. The van der Waals surface area contributed by atoms with E-state index in [9.17, 15) is 0 Å². The fourth-order valence-electron chi connectivity index (χ4n) is 2.88. The highest BCUT2D eigenvalue weighted by Gasteiger charge is 2.26. The third kappa shape index (κ3) is 2.43. The van der Waals surface area contributed by atoms with Gasteiger partial charge < -0.3 is 9.88 Å². The Kier molecular flexibility index (Phi) is 3.06. The number of imidazole rings is 1. The molecule has 2 heterocycles. The molecule has 0 spiro atoms. The number of hydrogen-bond donors (Lipinski definition) is 1. The van der Waals surface area contributed by atoms with Crippen LogP contribution in [-0.4, -0.2) is 19.5 Å². The van der Waals surface area contributed by atoms with E-state index in [4.69, 9.17) is 4.98 Å². The minimum Gasteiger partial charge on any atom is -0.350 e. The lowest BCUT2D eigenvalue weighted by Gasteiger charge is -2.06. The molecule has 1 fully saturated rings. The van der Waals surface area contributed by atoms with Crippen LogP contribution >= 0.6 is 0 Å². The highest BCUT2D eigenvalue weighted by atomic mass is 15.1. The summed E-state index contributed by atoms with van der Waals surface area (Å²) in [6, 6.07) is 9.05. The molecule has 5 heteroatoms. The van der Waals surface area contributed by atoms with E-state index >= 15 is 0 Å². The van der Waals surface area contributed by atoms with Gasteiger partial charge in [0.25, 0.3) is 0 Å². The molecule has 0 aliphatic heterocycles. The molecule has 2 aromatic heterocycles. The van der Waals surface area contributed by atoms with E-state index in [1.807, 2.05) is 13.0 Å². The second-order valence-electron chi connectivity index (χ2n) is 5.96. The Bertz CT molecular complexity index is 832. The summed E-state index contributed by atoms with van der Waals surface area (Å²) in [5, 5.41) is 3.27. The van der Waals surface area contributed by atoms with Crippen LogP contribution in [0.4, 0.5) is 5.95 Å². The molecule has 0 radical (unpaired) electrons. The normalized spacial score (nSPS) is 14.5. The SMILES string of the molecule is Cc1ccnc(NCc2ccc3c(c2)nc(C)n3C2CC2)n1. The summed E-state index contributed by atoms with van der Waals surface area (Å²) in [5.74, 6) is 1.78. The van der Waals surface area contributed by atoms with Crippen molar-refractivity contribution in [2.75, 3.05) is 5.32 Å². The van der Waals surface area contributed by atoms with Gasteiger partial charge in [0.05, 0.1) is 11.0 Å². The third-order valence-corrected chi connectivity index (χ3v) is 4.09. The van der Waals surface area contributed by atoms with Gasteiger partial charge in [0, 0.05) is 24.5 Å². The number of benzene rings is 1. The van der Waals surface area contributed by atoms with Gasteiger partial charge in [-0.05, 0) is 50.5 Å². The molecule has 1 N–H and O–H groups in total. The number of aryl methyl sites for hydroxylation is 2. The van der Waals surface area contributed by atoms with Crippen LogP contribution in [0, 0.1) is 13.8 Å². The molecule has 1 aromatic carbocycles. The maximum Gasteiger partial charge on any atom is 0.223 e. The first-order valence-corrected chi connectivity index (χ1v) is 7.72. The van der Waals surface area contributed by atoms with E-state index in [1.165, 1.54) is 23.9 Å². The second kappa shape index (κ2) is 5.09. The van der Waals surface area contributed by atoms with Crippen molar-refractivity contribution >= 4 is 17.0 Å². The number of nitrogens with zero attached hydrogens (tertiary/aromatic N) is 4. The molecule has 22 heavy (non-hydrogen) atoms. The maximum atomic E-state index is 4.71. The lowest BCUT2D eigenvalue weighted by molar-refractivity contribution is 0.734. The van der Waals surface area contributed by atoms with Crippen molar-refractivity contribution < 1.29 is 0 Å². The second-order valence-corrected chi connectivity index (χ2v) is 5.96. The van der Waals surface area contributed by atoms with Gasteiger partial charge in [-0.15, -0.1) is 0 Å². The molecular formula is C17H19N5. The van der Waals surface area contributed by atoms with Gasteiger partial charge in [-0.1, -0.05) is 6.07 Å². The van der Waals surface area contributed by atoms with Crippen LogP contribution in [0.5, 0.6) is 0 Å². The van der Waals surface area contributed by atoms with Crippen LogP contribution < -0.4 is 5.32 Å². The highest BCUT2D eigenvalue weighted by Crippen LogP contribution is 2.38. The van der Waals surface area contributed by atoms with E-state index in [-0.39, 0.29) is 0 Å². The molecule has 0 bridgehead atoms. The maximum absolute atomic E-state index is 4.71. The zero-order valence-electron chi connectivity index (χ0n) is 12.9. The monoisotopic (exact) mass is 293 g/mol. The Morgan fingerprint density at radius 2 is 2.05 bits per heavy atom. The summed E-state index contributed by atoms with van der Waals surface area (Å²) < 4.78 is 2.37. The van der Waals surface area contributed by atoms with Gasteiger partial charge >= 0.3 is 0 Å². The summed E-state index contributed by atoms with van der Waals surface area (Å²) >= 11 is 0. The van der Waals surface area contributed by atoms with Crippen LogP contribution in [0.25, 0.3) is 11.0 Å². The number of hydrogen-bond acceptors (Lipinski definition) is 4. The van der Waals surface area contributed by atoms with E-state index in [0.717, 1.165) is 17.0 Å². The number of rotatable bonds is 4. The first-order chi connectivity index (χ1) is 10.7. The molecule has 112 valence electrons. The predicted molar refractivity (Wildman–Crippen MR) is 86.8 cm³/mol. The topological polar surface area (TPSA) is 55.6 Å². The zero-order valence-corrected chi connectivity index (χ0v) is 12.9. The smallest absolute Gasteiger partial charge is 0.223 e. The minimum atomic E-state index is 0.662. The molecule has 0 atom stereocenters. The number of anilines is 1. The average molecular weight is 293 g/mol. The Labute approximate surface area is 129 Å². The van der Waals surface area contributed by atoms with Crippen LogP contribution in [-0.2, 0) is 6.54 Å². The predicted octanol–water partition coefficient (Wildman–Crippen LogP) is 3.39. The van der Waals surface area contributed by atoms with Crippen LogP contribution in [0.3, 0.4) is 0 Å². The number of nitrogens with one attached hydrogen (secondary N) is 1. The minimum absolute atomic E-state index is 0.662. The summed E-state index contributed by atoms with van der Waals surface area (Å²) in [6.45, 7) is 4.76. The average Bonchev–Trinajstić information content (AvgIpc) is 3.27. The van der Waals surface area contributed by atoms with Crippen LogP contribution in [0.15, 0.2) is 30.5 Å². The molecule has 1 saturated carbocycles. The van der Waals surface area contributed by atoms with Crippen LogP contribution in [0.2, 0.25) is 0 Å². The fraction of sp³-hybridized carbons (Fsp3) is 0.353. The Hall–Kier alpha value is -2.43. The molecule has 0 amide bonds. The van der Waals surface area contributed by atoms with E-state index in [1.54, 1.807) is 6.20 Å². The summed E-state index contributed by atoms with van der Waals surface area (Å²) in [6.07, 6.45) is 4.33. The van der Waals surface area contributed by atoms with Gasteiger partial charge in [0.2, 0.25) is 5.95 Å².